The molecule has 116 valence electrons. The quantitative estimate of drug-likeness (QED) is 0.654. The van der Waals surface area contributed by atoms with Gasteiger partial charge in [0.15, 0.2) is 0 Å². The molecule has 0 aliphatic carbocycles. The summed E-state index contributed by atoms with van der Waals surface area (Å²) < 4.78 is 28.7. The maximum Gasteiger partial charge on any atom is 0.387 e. The summed E-state index contributed by atoms with van der Waals surface area (Å²) in [4.78, 5) is 23.9. The number of carboxylic acid groups (broad SMARTS) is 1. The van der Waals surface area contributed by atoms with Crippen molar-refractivity contribution in [2.45, 2.75) is 6.61 Å². The summed E-state index contributed by atoms with van der Waals surface area (Å²) in [5.41, 5.74) is 0.467. The number of carboxylic acids is 1. The number of aliphatic carboxylic acids is 1. The van der Waals surface area contributed by atoms with Crippen molar-refractivity contribution < 1.29 is 28.2 Å². The van der Waals surface area contributed by atoms with E-state index >= 15 is 0 Å². The molecule has 9 heteroatoms. The Morgan fingerprint density at radius 1 is 1.50 bits per heavy atom. The predicted octanol–water partition coefficient (Wildman–Crippen LogP) is 2.57. The lowest BCUT2D eigenvalue weighted by Gasteiger charge is -2.10. The Morgan fingerprint density at radius 3 is 2.86 bits per heavy atom. The van der Waals surface area contributed by atoms with Gasteiger partial charge in [-0.3, -0.25) is 14.5 Å². The largest absolute Gasteiger partial charge is 0.480 e. The molecule has 22 heavy (non-hydrogen) atoms. The minimum absolute atomic E-state index is 0.0373. The minimum atomic E-state index is -2.94. The second-order valence-electron chi connectivity index (χ2n) is 4.11. The Morgan fingerprint density at radius 2 is 2.23 bits per heavy atom. The molecule has 0 aromatic heterocycles. The van der Waals surface area contributed by atoms with Gasteiger partial charge in [-0.05, 0) is 23.8 Å². The van der Waals surface area contributed by atoms with Crippen LogP contribution in [0.4, 0.5) is 8.78 Å². The van der Waals surface area contributed by atoms with Gasteiger partial charge in [0.2, 0.25) is 0 Å². The number of nitrogens with zero attached hydrogens (tertiary/aromatic N) is 1. The van der Waals surface area contributed by atoms with Crippen molar-refractivity contribution >= 4 is 46.3 Å². The number of hydrogen-bond donors (Lipinski definition) is 1. The van der Waals surface area contributed by atoms with E-state index in [0.29, 0.717) is 5.56 Å². The molecule has 1 fully saturated rings. The van der Waals surface area contributed by atoms with Crippen LogP contribution in [0.2, 0.25) is 0 Å². The highest BCUT2D eigenvalue weighted by molar-refractivity contribution is 8.26. The van der Waals surface area contributed by atoms with Crippen molar-refractivity contribution in [2.75, 3.05) is 6.54 Å². The molecule has 1 aliphatic heterocycles. The van der Waals surface area contributed by atoms with Crippen LogP contribution in [0.1, 0.15) is 5.56 Å². The van der Waals surface area contributed by atoms with Gasteiger partial charge in [0.05, 0.1) is 4.91 Å². The van der Waals surface area contributed by atoms with Crippen molar-refractivity contribution in [3.8, 4) is 5.75 Å². The van der Waals surface area contributed by atoms with Gasteiger partial charge in [0.25, 0.3) is 5.91 Å². The summed E-state index contributed by atoms with van der Waals surface area (Å²) in [6.07, 6.45) is 1.44. The summed E-state index contributed by atoms with van der Waals surface area (Å²) >= 11 is 5.91. The normalized spacial score (nSPS) is 16.7. The van der Waals surface area contributed by atoms with E-state index in [4.69, 9.17) is 17.3 Å². The average Bonchev–Trinajstić information content (AvgIpc) is 2.66. The topological polar surface area (TPSA) is 66.8 Å². The maximum atomic E-state index is 12.2. The molecule has 1 aromatic rings. The van der Waals surface area contributed by atoms with E-state index in [1.54, 1.807) is 6.07 Å². The Hall–Kier alpha value is -2.00. The van der Waals surface area contributed by atoms with Crippen LogP contribution < -0.4 is 4.74 Å². The van der Waals surface area contributed by atoms with Crippen molar-refractivity contribution in [1.82, 2.24) is 4.90 Å². The minimum Gasteiger partial charge on any atom is -0.480 e. The van der Waals surface area contributed by atoms with Gasteiger partial charge in [-0.25, -0.2) is 0 Å². The van der Waals surface area contributed by atoms with Crippen molar-refractivity contribution in [3.63, 3.8) is 0 Å². The first-order chi connectivity index (χ1) is 10.4. The number of alkyl halides is 2. The highest BCUT2D eigenvalue weighted by Crippen LogP contribution is 2.32. The highest BCUT2D eigenvalue weighted by atomic mass is 32.2. The molecule has 0 spiro atoms. The number of halogens is 2. The summed E-state index contributed by atoms with van der Waals surface area (Å²) in [5, 5.41) is 8.74. The molecule has 1 aromatic carbocycles. The Kier molecular flexibility index (Phi) is 5.09. The average molecular weight is 345 g/mol. The molecular formula is C13H9F2NO4S2. The third kappa shape index (κ3) is 4.01. The van der Waals surface area contributed by atoms with Crippen LogP contribution in [0.3, 0.4) is 0 Å². The fourth-order valence-corrected chi connectivity index (χ4v) is 2.96. The molecule has 0 radical (unpaired) electrons. The fourth-order valence-electron chi connectivity index (χ4n) is 1.70. The number of ether oxygens (including phenoxy) is 1. The van der Waals surface area contributed by atoms with Gasteiger partial charge >= 0.3 is 12.6 Å². The van der Waals surface area contributed by atoms with Gasteiger partial charge in [-0.1, -0.05) is 36.1 Å². The smallest absolute Gasteiger partial charge is 0.387 e. The number of thioether (sulfide) groups is 1. The van der Waals surface area contributed by atoms with Crippen LogP contribution in [-0.4, -0.2) is 39.4 Å². The Bertz CT molecular complexity index is 663. The van der Waals surface area contributed by atoms with E-state index in [0.717, 1.165) is 16.7 Å². The number of carbonyl (C=O) groups excluding carboxylic acids is 1. The molecule has 1 aliphatic rings. The summed E-state index contributed by atoms with van der Waals surface area (Å²) in [5.74, 6) is -1.74. The van der Waals surface area contributed by atoms with E-state index in [1.165, 1.54) is 24.3 Å². The molecule has 1 amide bonds. The SMILES string of the molecule is O=C(O)CN1C(=O)/C(=C/c2cccc(OC(F)F)c2)SC1=S. The first kappa shape index (κ1) is 16.4. The molecule has 0 atom stereocenters. The number of thiocarbonyl (C=S) groups is 1. The molecular weight excluding hydrogens is 336 g/mol. The van der Waals surface area contributed by atoms with E-state index < -0.39 is 25.0 Å². The monoisotopic (exact) mass is 345 g/mol. The van der Waals surface area contributed by atoms with Gasteiger partial charge < -0.3 is 9.84 Å². The third-order valence-electron chi connectivity index (χ3n) is 2.55. The molecule has 1 saturated heterocycles. The van der Waals surface area contributed by atoms with E-state index in [-0.39, 0.29) is 15.0 Å². The second-order valence-corrected chi connectivity index (χ2v) is 5.79. The lowest BCUT2D eigenvalue weighted by atomic mass is 10.2. The highest BCUT2D eigenvalue weighted by Gasteiger charge is 2.33. The number of hydrogen-bond acceptors (Lipinski definition) is 5. The van der Waals surface area contributed by atoms with Crippen LogP contribution in [0.15, 0.2) is 29.2 Å². The van der Waals surface area contributed by atoms with Crippen molar-refractivity contribution in [3.05, 3.63) is 34.7 Å². The zero-order chi connectivity index (χ0) is 16.3. The van der Waals surface area contributed by atoms with Crippen LogP contribution >= 0.6 is 24.0 Å². The molecule has 2 rings (SSSR count). The zero-order valence-electron chi connectivity index (χ0n) is 10.9. The Labute approximate surface area is 133 Å². The summed E-state index contributed by atoms with van der Waals surface area (Å²) in [6.45, 7) is -3.46. The molecule has 0 saturated carbocycles. The number of carbonyl (C=O) groups is 2. The fraction of sp³-hybridized carbons (Fsp3) is 0.154. The molecule has 0 bridgehead atoms. The van der Waals surface area contributed by atoms with Gasteiger partial charge in [0, 0.05) is 0 Å². The summed E-state index contributed by atoms with van der Waals surface area (Å²) in [6, 6.07) is 5.80. The first-order valence-electron chi connectivity index (χ1n) is 5.89. The second kappa shape index (κ2) is 6.84. The van der Waals surface area contributed by atoms with Gasteiger partial charge in [-0.15, -0.1) is 0 Å². The standard InChI is InChI=1S/C13H9F2NO4S2/c14-12(15)20-8-3-1-2-7(4-8)5-9-11(19)16(6-10(17)18)13(21)22-9/h1-5,12H,6H2,(H,17,18)/b9-5-. The van der Waals surface area contributed by atoms with Crippen molar-refractivity contribution in [1.29, 1.82) is 0 Å². The van der Waals surface area contributed by atoms with E-state index in [9.17, 15) is 18.4 Å². The molecule has 0 unspecified atom stereocenters. The summed E-state index contributed by atoms with van der Waals surface area (Å²) in [7, 11) is 0. The molecule has 1 heterocycles. The number of benzene rings is 1. The van der Waals surface area contributed by atoms with Gasteiger partial charge in [-0.2, -0.15) is 8.78 Å². The van der Waals surface area contributed by atoms with Crippen LogP contribution in [-0.2, 0) is 9.59 Å². The Balaban J connectivity index is 2.21. The first-order valence-corrected chi connectivity index (χ1v) is 7.11. The van der Waals surface area contributed by atoms with Gasteiger partial charge in [0.1, 0.15) is 16.6 Å². The molecule has 1 N–H and O–H groups in total. The predicted molar refractivity (Wildman–Crippen MR) is 80.6 cm³/mol. The lowest BCUT2D eigenvalue weighted by molar-refractivity contribution is -0.140. The zero-order valence-corrected chi connectivity index (χ0v) is 12.5. The molecule has 5 nitrogen and oxygen atoms in total. The number of rotatable bonds is 5. The van der Waals surface area contributed by atoms with Crippen molar-refractivity contribution in [2.24, 2.45) is 0 Å². The van der Waals surface area contributed by atoms with E-state index in [1.807, 2.05) is 0 Å². The van der Waals surface area contributed by atoms with E-state index in [2.05, 4.69) is 4.74 Å². The van der Waals surface area contributed by atoms with Crippen LogP contribution in [0.5, 0.6) is 5.75 Å². The maximum absolute atomic E-state index is 12.2. The third-order valence-corrected chi connectivity index (χ3v) is 3.93. The lowest BCUT2D eigenvalue weighted by Crippen LogP contribution is -2.33. The van der Waals surface area contributed by atoms with Crippen LogP contribution in [0.25, 0.3) is 6.08 Å². The van der Waals surface area contributed by atoms with Crippen LogP contribution in [0, 0.1) is 0 Å². The number of amides is 1.